The molecular formula is C13H19FN2O3S. The first-order chi connectivity index (χ1) is 9.36. The zero-order chi connectivity index (χ0) is 14.9. The fraction of sp³-hybridized carbons (Fsp3) is 0.538. The fourth-order valence-electron chi connectivity index (χ4n) is 2.47. The van der Waals surface area contributed by atoms with Gasteiger partial charge in [-0.2, -0.15) is 4.31 Å². The molecule has 1 aromatic carbocycles. The van der Waals surface area contributed by atoms with Crippen LogP contribution in [-0.4, -0.2) is 37.5 Å². The fourth-order valence-corrected chi connectivity index (χ4v) is 4.30. The van der Waals surface area contributed by atoms with Crippen LogP contribution in [-0.2, 0) is 10.0 Å². The number of rotatable bonds is 3. The topological polar surface area (TPSA) is 83.6 Å². The molecule has 20 heavy (non-hydrogen) atoms. The smallest absolute Gasteiger partial charge is 0.243 e. The summed E-state index contributed by atoms with van der Waals surface area (Å²) in [4.78, 5) is -0.0893. The second kappa shape index (κ2) is 5.67. The van der Waals surface area contributed by atoms with Crippen molar-refractivity contribution in [1.82, 2.24) is 4.31 Å². The maximum absolute atomic E-state index is 13.7. The van der Waals surface area contributed by atoms with E-state index >= 15 is 0 Å². The molecule has 2 rings (SSSR count). The zero-order valence-corrected chi connectivity index (χ0v) is 12.2. The van der Waals surface area contributed by atoms with Crippen LogP contribution in [0.2, 0.25) is 0 Å². The number of nitrogens with zero attached hydrogens (tertiary/aromatic N) is 1. The van der Waals surface area contributed by atoms with Crippen LogP contribution in [0.1, 0.15) is 18.4 Å². The lowest BCUT2D eigenvalue weighted by Crippen LogP contribution is -2.41. The van der Waals surface area contributed by atoms with Gasteiger partial charge in [-0.3, -0.25) is 0 Å². The molecule has 1 aromatic rings. The van der Waals surface area contributed by atoms with Gasteiger partial charge in [0.15, 0.2) is 0 Å². The Balaban J connectivity index is 2.40. The first kappa shape index (κ1) is 15.2. The van der Waals surface area contributed by atoms with Crippen LogP contribution in [0.25, 0.3) is 0 Å². The van der Waals surface area contributed by atoms with E-state index in [0.29, 0.717) is 13.0 Å². The molecule has 1 aliphatic rings. The van der Waals surface area contributed by atoms with Gasteiger partial charge in [0.2, 0.25) is 10.0 Å². The molecule has 5 nitrogen and oxygen atoms in total. The Kier molecular flexibility index (Phi) is 4.31. The minimum absolute atomic E-state index is 0.0453. The molecular weight excluding hydrogens is 283 g/mol. The summed E-state index contributed by atoms with van der Waals surface area (Å²) in [7, 11) is -3.78. The number of anilines is 1. The monoisotopic (exact) mass is 302 g/mol. The average Bonchev–Trinajstić information content (AvgIpc) is 2.42. The van der Waals surface area contributed by atoms with Crippen LogP contribution in [0, 0.1) is 18.7 Å². The van der Waals surface area contributed by atoms with Crippen molar-refractivity contribution in [2.75, 3.05) is 25.4 Å². The largest absolute Gasteiger partial charge is 0.399 e. The number of hydrogen-bond donors (Lipinski definition) is 2. The number of aliphatic hydroxyl groups excluding tert-OH is 1. The molecule has 0 aromatic heterocycles. The molecule has 0 amide bonds. The van der Waals surface area contributed by atoms with Gasteiger partial charge in [-0.25, -0.2) is 12.8 Å². The number of piperidine rings is 1. The summed E-state index contributed by atoms with van der Waals surface area (Å²) in [6.45, 7) is 2.02. The first-order valence-electron chi connectivity index (χ1n) is 6.53. The van der Waals surface area contributed by atoms with Gasteiger partial charge in [-0.1, -0.05) is 0 Å². The lowest BCUT2D eigenvalue weighted by Gasteiger charge is -2.31. The zero-order valence-electron chi connectivity index (χ0n) is 11.3. The van der Waals surface area contributed by atoms with Gasteiger partial charge in [0.1, 0.15) is 5.82 Å². The van der Waals surface area contributed by atoms with Gasteiger partial charge in [-0.05, 0) is 37.8 Å². The summed E-state index contributed by atoms with van der Waals surface area (Å²) in [6, 6.07) is 2.40. The predicted molar refractivity (Wildman–Crippen MR) is 74.1 cm³/mol. The summed E-state index contributed by atoms with van der Waals surface area (Å²) in [5, 5.41) is 9.19. The summed E-state index contributed by atoms with van der Waals surface area (Å²) in [5.41, 5.74) is 5.70. The minimum atomic E-state index is -3.78. The van der Waals surface area contributed by atoms with Gasteiger partial charge in [-0.15, -0.1) is 0 Å². The van der Waals surface area contributed by atoms with Crippen LogP contribution in [0.4, 0.5) is 10.1 Å². The standard InChI is InChI=1S/C13H19FN2O3S/c1-9-12(14)5-11(15)6-13(9)20(18,19)16-4-2-3-10(7-16)8-17/h5-6,10,17H,2-4,7-8,15H2,1H3. The molecule has 1 fully saturated rings. The Morgan fingerprint density at radius 3 is 2.85 bits per heavy atom. The number of hydrogen-bond acceptors (Lipinski definition) is 4. The van der Waals surface area contributed by atoms with Crippen molar-refractivity contribution in [3.8, 4) is 0 Å². The third-order valence-corrected chi connectivity index (χ3v) is 5.67. The maximum Gasteiger partial charge on any atom is 0.243 e. The van der Waals surface area contributed by atoms with E-state index in [4.69, 9.17) is 5.73 Å². The normalized spacial score (nSPS) is 21.1. The van der Waals surface area contributed by atoms with E-state index in [0.717, 1.165) is 12.5 Å². The molecule has 112 valence electrons. The summed E-state index contributed by atoms with van der Waals surface area (Å²) < 4.78 is 40.2. The Labute approximate surface area is 118 Å². The Hall–Kier alpha value is -1.18. The van der Waals surface area contributed by atoms with Gasteiger partial charge < -0.3 is 10.8 Å². The second-order valence-corrected chi connectivity index (χ2v) is 7.09. The molecule has 0 spiro atoms. The highest BCUT2D eigenvalue weighted by atomic mass is 32.2. The summed E-state index contributed by atoms with van der Waals surface area (Å²) >= 11 is 0. The molecule has 0 bridgehead atoms. The van der Waals surface area contributed by atoms with Crippen LogP contribution >= 0.6 is 0 Å². The number of halogens is 1. The van der Waals surface area contributed by atoms with Gasteiger partial charge in [0.05, 0.1) is 4.90 Å². The Bertz CT molecular complexity index is 604. The van der Waals surface area contributed by atoms with Gasteiger partial charge in [0.25, 0.3) is 0 Å². The molecule has 1 unspecified atom stereocenters. The van der Waals surface area contributed by atoms with E-state index in [1.807, 2.05) is 0 Å². The molecule has 1 atom stereocenters. The van der Waals surface area contributed by atoms with E-state index in [1.165, 1.54) is 17.3 Å². The predicted octanol–water partition coefficient (Wildman–Crippen LogP) is 1.11. The van der Waals surface area contributed by atoms with Crippen LogP contribution in [0.3, 0.4) is 0 Å². The number of sulfonamides is 1. The summed E-state index contributed by atoms with van der Waals surface area (Å²) in [5.74, 6) is -0.691. The molecule has 0 saturated carbocycles. The molecule has 1 saturated heterocycles. The van der Waals surface area contributed by atoms with Crippen molar-refractivity contribution >= 4 is 15.7 Å². The van der Waals surface area contributed by atoms with Crippen molar-refractivity contribution < 1.29 is 17.9 Å². The van der Waals surface area contributed by atoms with Crippen molar-refractivity contribution in [3.63, 3.8) is 0 Å². The number of benzene rings is 1. The van der Waals surface area contributed by atoms with E-state index in [2.05, 4.69) is 0 Å². The highest BCUT2D eigenvalue weighted by Crippen LogP contribution is 2.28. The van der Waals surface area contributed by atoms with Crippen molar-refractivity contribution in [2.24, 2.45) is 5.92 Å². The second-order valence-electron chi connectivity index (χ2n) is 5.18. The highest BCUT2D eigenvalue weighted by molar-refractivity contribution is 7.89. The molecule has 0 radical (unpaired) electrons. The van der Waals surface area contributed by atoms with Crippen LogP contribution in [0.5, 0.6) is 0 Å². The highest BCUT2D eigenvalue weighted by Gasteiger charge is 2.31. The summed E-state index contributed by atoms with van der Waals surface area (Å²) in [6.07, 6.45) is 1.49. The van der Waals surface area contributed by atoms with E-state index < -0.39 is 15.8 Å². The van der Waals surface area contributed by atoms with E-state index in [1.54, 1.807) is 0 Å². The minimum Gasteiger partial charge on any atom is -0.399 e. The maximum atomic E-state index is 13.7. The van der Waals surface area contributed by atoms with Crippen LogP contribution < -0.4 is 5.73 Å². The van der Waals surface area contributed by atoms with Crippen molar-refractivity contribution in [3.05, 3.63) is 23.5 Å². The van der Waals surface area contributed by atoms with E-state index in [9.17, 15) is 17.9 Å². The van der Waals surface area contributed by atoms with Gasteiger partial charge >= 0.3 is 0 Å². The Morgan fingerprint density at radius 2 is 2.20 bits per heavy atom. The Morgan fingerprint density at radius 1 is 1.50 bits per heavy atom. The molecule has 1 aliphatic heterocycles. The van der Waals surface area contributed by atoms with Crippen LogP contribution in [0.15, 0.2) is 17.0 Å². The molecule has 1 heterocycles. The molecule has 7 heteroatoms. The number of nitrogens with two attached hydrogens (primary N) is 1. The average molecular weight is 302 g/mol. The lowest BCUT2D eigenvalue weighted by molar-refractivity contribution is 0.165. The van der Waals surface area contributed by atoms with E-state index in [-0.39, 0.29) is 35.2 Å². The number of nitrogen functional groups attached to an aromatic ring is 1. The quantitative estimate of drug-likeness (QED) is 0.819. The first-order valence-corrected chi connectivity index (χ1v) is 7.97. The third kappa shape index (κ3) is 2.79. The third-order valence-electron chi connectivity index (χ3n) is 3.68. The number of aliphatic hydroxyl groups is 1. The molecule has 3 N–H and O–H groups in total. The van der Waals surface area contributed by atoms with Crippen molar-refractivity contribution in [1.29, 1.82) is 0 Å². The van der Waals surface area contributed by atoms with Gasteiger partial charge in [0, 0.05) is 30.9 Å². The van der Waals surface area contributed by atoms with Crippen molar-refractivity contribution in [2.45, 2.75) is 24.7 Å². The SMILES string of the molecule is Cc1c(F)cc(N)cc1S(=O)(=O)N1CCCC(CO)C1. The lowest BCUT2D eigenvalue weighted by atomic mass is 10.0. The molecule has 0 aliphatic carbocycles.